The van der Waals surface area contributed by atoms with Crippen LogP contribution in [-0.2, 0) is 4.79 Å². The lowest BCUT2D eigenvalue weighted by atomic mass is 9.84. The zero-order valence-electron chi connectivity index (χ0n) is 16.5. The first-order valence-electron chi connectivity index (χ1n) is 9.58. The fraction of sp³-hybridized carbons (Fsp3) is 0.476. The molecular formula is C21H27F2N3O2. The summed E-state index contributed by atoms with van der Waals surface area (Å²) < 4.78 is 27.7. The highest BCUT2D eigenvalue weighted by Crippen LogP contribution is 2.26. The molecule has 2 amide bonds. The van der Waals surface area contributed by atoms with Crippen molar-refractivity contribution in [2.45, 2.75) is 52.0 Å². The van der Waals surface area contributed by atoms with Crippen molar-refractivity contribution in [1.82, 2.24) is 10.6 Å². The average molecular weight is 391 g/mol. The van der Waals surface area contributed by atoms with E-state index in [2.05, 4.69) is 15.6 Å². The van der Waals surface area contributed by atoms with Crippen LogP contribution in [0.4, 0.5) is 8.78 Å². The molecule has 7 heteroatoms. The van der Waals surface area contributed by atoms with E-state index in [1.54, 1.807) is 6.92 Å². The van der Waals surface area contributed by atoms with E-state index in [4.69, 9.17) is 0 Å². The number of benzene rings is 1. The highest BCUT2D eigenvalue weighted by molar-refractivity contribution is 6.45. The van der Waals surface area contributed by atoms with E-state index in [-0.39, 0.29) is 17.5 Å². The maximum absolute atomic E-state index is 13.8. The summed E-state index contributed by atoms with van der Waals surface area (Å²) in [5.74, 6) is -2.94. The summed E-state index contributed by atoms with van der Waals surface area (Å²) in [7, 11) is 1.43. The lowest BCUT2D eigenvalue weighted by Gasteiger charge is -2.28. The van der Waals surface area contributed by atoms with Gasteiger partial charge in [0.1, 0.15) is 22.9 Å². The number of nitrogens with one attached hydrogen (secondary N) is 2. The summed E-state index contributed by atoms with van der Waals surface area (Å²) in [4.78, 5) is 29.0. The molecule has 0 heterocycles. The molecule has 5 nitrogen and oxygen atoms in total. The Balaban J connectivity index is 2.10. The Kier molecular flexibility index (Phi) is 7.84. The Bertz CT molecular complexity index is 764. The van der Waals surface area contributed by atoms with Gasteiger partial charge in [-0.2, -0.15) is 0 Å². The van der Waals surface area contributed by atoms with Gasteiger partial charge >= 0.3 is 0 Å². The van der Waals surface area contributed by atoms with Gasteiger partial charge in [-0.15, -0.1) is 0 Å². The standard InChI is InChI=1S/C21H27F2N3O2/c1-4-17(26-20(27)18-15(22)11-8-12-16(18)23)19(24-3)21(28)25-13(2)14-9-6-5-7-10-14/h4,8,11-14H,5-7,9-10H2,1-3H3,(H,25,28)(H,26,27)/b17-4+,24-19?. The van der Waals surface area contributed by atoms with Gasteiger partial charge in [0.05, 0.1) is 5.70 Å². The van der Waals surface area contributed by atoms with Crippen LogP contribution >= 0.6 is 0 Å². The fourth-order valence-electron chi connectivity index (χ4n) is 3.54. The van der Waals surface area contributed by atoms with E-state index in [0.29, 0.717) is 5.92 Å². The molecule has 1 aliphatic carbocycles. The van der Waals surface area contributed by atoms with Gasteiger partial charge in [-0.25, -0.2) is 8.78 Å². The summed E-state index contributed by atoms with van der Waals surface area (Å²) in [5.41, 5.74) is -0.591. The molecule has 0 radical (unpaired) electrons. The van der Waals surface area contributed by atoms with Crippen LogP contribution in [0, 0.1) is 17.6 Å². The number of carbonyl (C=O) groups excluding carboxylic acids is 2. The first-order valence-corrected chi connectivity index (χ1v) is 9.58. The summed E-state index contributed by atoms with van der Waals surface area (Å²) in [6, 6.07) is 3.15. The van der Waals surface area contributed by atoms with Crippen LogP contribution in [0.3, 0.4) is 0 Å². The molecule has 0 bridgehead atoms. The smallest absolute Gasteiger partial charge is 0.271 e. The van der Waals surface area contributed by atoms with E-state index in [0.717, 1.165) is 37.8 Å². The molecule has 2 rings (SSSR count). The number of carbonyl (C=O) groups is 2. The predicted octanol–water partition coefficient (Wildman–Crippen LogP) is 3.75. The minimum absolute atomic E-state index is 0.00950. The first kappa shape index (κ1) is 21.7. The molecule has 0 spiro atoms. The topological polar surface area (TPSA) is 70.6 Å². The van der Waals surface area contributed by atoms with Gasteiger partial charge in [0, 0.05) is 13.1 Å². The molecule has 0 saturated heterocycles. The predicted molar refractivity (Wildman–Crippen MR) is 105 cm³/mol. The number of hydrogen-bond donors (Lipinski definition) is 2. The van der Waals surface area contributed by atoms with Gasteiger partial charge in [0.25, 0.3) is 11.8 Å². The molecule has 1 fully saturated rings. The third kappa shape index (κ3) is 5.24. The molecule has 1 aromatic rings. The van der Waals surface area contributed by atoms with Gasteiger partial charge in [0.2, 0.25) is 0 Å². The zero-order valence-corrected chi connectivity index (χ0v) is 16.5. The summed E-state index contributed by atoms with van der Waals surface area (Å²) in [6.07, 6.45) is 7.15. The van der Waals surface area contributed by atoms with Crippen molar-refractivity contribution in [2.75, 3.05) is 7.05 Å². The molecule has 2 N–H and O–H groups in total. The number of aliphatic imine (C=N–C) groups is 1. The molecular weight excluding hydrogens is 364 g/mol. The Morgan fingerprint density at radius 3 is 2.32 bits per heavy atom. The van der Waals surface area contributed by atoms with Gasteiger partial charge in [0.15, 0.2) is 0 Å². The molecule has 152 valence electrons. The zero-order chi connectivity index (χ0) is 20.7. The minimum Gasteiger partial charge on any atom is -0.348 e. The lowest BCUT2D eigenvalue weighted by molar-refractivity contribution is -0.115. The SMILES string of the molecule is C/C=C(/NC(=O)c1c(F)cccc1F)C(=NC)C(=O)NC(C)C1CCCCC1. The van der Waals surface area contributed by atoms with Crippen LogP contribution in [0.25, 0.3) is 0 Å². The van der Waals surface area contributed by atoms with E-state index in [1.807, 2.05) is 6.92 Å². The Hall–Kier alpha value is -2.57. The summed E-state index contributed by atoms with van der Waals surface area (Å²) >= 11 is 0. The molecule has 1 unspecified atom stereocenters. The van der Waals surface area contributed by atoms with Crippen molar-refractivity contribution in [3.05, 3.63) is 47.2 Å². The van der Waals surface area contributed by atoms with E-state index < -0.39 is 29.0 Å². The normalized spacial score (nSPS) is 17.2. The third-order valence-corrected chi connectivity index (χ3v) is 5.14. The second-order valence-electron chi connectivity index (χ2n) is 6.99. The van der Waals surface area contributed by atoms with Crippen LogP contribution < -0.4 is 10.6 Å². The average Bonchev–Trinajstić information content (AvgIpc) is 2.68. The quantitative estimate of drug-likeness (QED) is 0.725. The molecule has 0 aliphatic heterocycles. The highest BCUT2D eigenvalue weighted by atomic mass is 19.1. The summed E-state index contributed by atoms with van der Waals surface area (Å²) in [6.45, 7) is 3.57. The summed E-state index contributed by atoms with van der Waals surface area (Å²) in [5, 5.41) is 5.34. The van der Waals surface area contributed by atoms with Gasteiger partial charge in [-0.05, 0) is 44.7 Å². The molecule has 1 atom stereocenters. The monoisotopic (exact) mass is 391 g/mol. The number of halogens is 2. The first-order chi connectivity index (χ1) is 13.4. The Morgan fingerprint density at radius 1 is 1.18 bits per heavy atom. The molecule has 0 aromatic heterocycles. The van der Waals surface area contributed by atoms with Crippen LogP contribution in [-0.4, -0.2) is 30.6 Å². The van der Waals surface area contributed by atoms with Crippen molar-refractivity contribution in [1.29, 1.82) is 0 Å². The van der Waals surface area contributed by atoms with E-state index in [1.165, 1.54) is 25.6 Å². The lowest BCUT2D eigenvalue weighted by Crippen LogP contribution is -2.44. The maximum Gasteiger partial charge on any atom is 0.271 e. The minimum atomic E-state index is -0.974. The van der Waals surface area contributed by atoms with Crippen LogP contribution in [0.1, 0.15) is 56.3 Å². The highest BCUT2D eigenvalue weighted by Gasteiger charge is 2.26. The number of rotatable bonds is 6. The van der Waals surface area contributed by atoms with E-state index >= 15 is 0 Å². The van der Waals surface area contributed by atoms with Gasteiger partial charge < -0.3 is 10.6 Å². The largest absolute Gasteiger partial charge is 0.348 e. The van der Waals surface area contributed by atoms with Crippen molar-refractivity contribution in [2.24, 2.45) is 10.9 Å². The number of amides is 2. The van der Waals surface area contributed by atoms with E-state index in [9.17, 15) is 18.4 Å². The van der Waals surface area contributed by atoms with Crippen molar-refractivity contribution >= 4 is 17.5 Å². The number of allylic oxidation sites excluding steroid dienone is 1. The molecule has 1 aromatic carbocycles. The van der Waals surface area contributed by atoms with Crippen LogP contribution in [0.15, 0.2) is 35.0 Å². The van der Waals surface area contributed by atoms with Crippen LogP contribution in [0.2, 0.25) is 0 Å². The van der Waals surface area contributed by atoms with Crippen molar-refractivity contribution in [3.63, 3.8) is 0 Å². The van der Waals surface area contributed by atoms with Crippen LogP contribution in [0.5, 0.6) is 0 Å². The van der Waals surface area contributed by atoms with Gasteiger partial charge in [-0.1, -0.05) is 31.4 Å². The fourth-order valence-corrected chi connectivity index (χ4v) is 3.54. The number of nitrogens with zero attached hydrogens (tertiary/aromatic N) is 1. The third-order valence-electron chi connectivity index (χ3n) is 5.14. The Labute approximate surface area is 164 Å². The molecule has 28 heavy (non-hydrogen) atoms. The number of hydrogen-bond acceptors (Lipinski definition) is 3. The maximum atomic E-state index is 13.8. The van der Waals surface area contributed by atoms with Crippen molar-refractivity contribution < 1.29 is 18.4 Å². The second kappa shape index (κ2) is 10.1. The second-order valence-corrected chi connectivity index (χ2v) is 6.99. The van der Waals surface area contributed by atoms with Crippen molar-refractivity contribution in [3.8, 4) is 0 Å². The molecule has 1 saturated carbocycles. The van der Waals surface area contributed by atoms with Gasteiger partial charge in [-0.3, -0.25) is 14.6 Å². The molecule has 1 aliphatic rings. The Morgan fingerprint density at radius 2 is 1.79 bits per heavy atom.